The number of nitrogens with one attached hydrogen (secondary N) is 2. The Morgan fingerprint density at radius 2 is 2.00 bits per heavy atom. The summed E-state index contributed by atoms with van der Waals surface area (Å²) in [6.07, 6.45) is -0.317. The Balaban J connectivity index is 1.75. The number of rotatable bonds is 5. The molecule has 1 aliphatic rings. The van der Waals surface area contributed by atoms with Crippen molar-refractivity contribution in [3.05, 3.63) is 59.9 Å². The van der Waals surface area contributed by atoms with Crippen molar-refractivity contribution in [1.29, 1.82) is 0 Å². The topological polar surface area (TPSA) is 74.3 Å². The third kappa shape index (κ3) is 5.21. The molecule has 0 bridgehead atoms. The molecule has 1 aromatic heterocycles. The van der Waals surface area contributed by atoms with Crippen LogP contribution >= 0.6 is 0 Å². The molecule has 0 radical (unpaired) electrons. The largest absolute Gasteiger partial charge is 0.416 e. The number of nitrogens with zero attached hydrogens (tertiary/aromatic N) is 2. The number of anilines is 1. The van der Waals surface area contributed by atoms with E-state index in [0.717, 1.165) is 17.7 Å². The van der Waals surface area contributed by atoms with E-state index >= 15 is 0 Å². The maximum atomic E-state index is 12.9. The number of carbonyl (C=O) groups excluding carboxylic acids is 2. The fraction of sp³-hybridized carbons (Fsp3) is 0.316. The first-order valence-electron chi connectivity index (χ1n) is 8.73. The number of urea groups is 1. The van der Waals surface area contributed by atoms with Crippen LogP contribution in [-0.2, 0) is 17.5 Å². The van der Waals surface area contributed by atoms with Crippen LogP contribution in [0.4, 0.5) is 23.7 Å². The van der Waals surface area contributed by atoms with Crippen LogP contribution in [0.1, 0.15) is 24.0 Å². The first-order valence-corrected chi connectivity index (χ1v) is 8.73. The molecule has 0 aliphatic carbocycles. The molecule has 0 unspecified atom stereocenters. The van der Waals surface area contributed by atoms with Gasteiger partial charge in [0.25, 0.3) is 0 Å². The van der Waals surface area contributed by atoms with Crippen molar-refractivity contribution in [2.75, 3.05) is 11.9 Å². The number of hydrogen-bond acceptors (Lipinski definition) is 3. The minimum absolute atomic E-state index is 0.0509. The van der Waals surface area contributed by atoms with Crippen molar-refractivity contribution in [3.8, 4) is 0 Å². The van der Waals surface area contributed by atoms with Crippen molar-refractivity contribution < 1.29 is 22.8 Å². The van der Waals surface area contributed by atoms with E-state index in [2.05, 4.69) is 15.6 Å². The van der Waals surface area contributed by atoms with E-state index in [0.29, 0.717) is 12.8 Å². The molecule has 3 rings (SSSR count). The molecule has 0 saturated carbocycles. The van der Waals surface area contributed by atoms with Crippen molar-refractivity contribution >= 4 is 17.6 Å². The Kier molecular flexibility index (Phi) is 5.81. The second kappa shape index (κ2) is 8.28. The maximum absolute atomic E-state index is 12.9. The van der Waals surface area contributed by atoms with Gasteiger partial charge in [0.1, 0.15) is 0 Å². The van der Waals surface area contributed by atoms with Gasteiger partial charge in [0.15, 0.2) is 0 Å². The molecule has 1 fully saturated rings. The van der Waals surface area contributed by atoms with E-state index in [1.54, 1.807) is 24.5 Å². The highest BCUT2D eigenvalue weighted by Crippen LogP contribution is 2.30. The maximum Gasteiger partial charge on any atom is 0.416 e. The zero-order valence-electron chi connectivity index (χ0n) is 14.9. The van der Waals surface area contributed by atoms with Gasteiger partial charge in [-0.3, -0.25) is 9.78 Å². The monoisotopic (exact) mass is 392 g/mol. The quantitative estimate of drug-likeness (QED) is 0.819. The summed E-state index contributed by atoms with van der Waals surface area (Å²) in [7, 11) is 0. The predicted octanol–water partition coefficient (Wildman–Crippen LogP) is 3.41. The third-order valence-electron chi connectivity index (χ3n) is 4.38. The molecule has 1 aromatic carbocycles. The predicted molar refractivity (Wildman–Crippen MR) is 96.3 cm³/mol. The van der Waals surface area contributed by atoms with E-state index in [4.69, 9.17) is 0 Å². The summed E-state index contributed by atoms with van der Waals surface area (Å²) in [5.41, 5.74) is 0.0302. The molecule has 2 N–H and O–H groups in total. The van der Waals surface area contributed by atoms with Gasteiger partial charge in [-0.25, -0.2) is 4.79 Å². The van der Waals surface area contributed by atoms with Crippen molar-refractivity contribution in [2.45, 2.75) is 31.6 Å². The van der Waals surface area contributed by atoms with Crippen LogP contribution in [0, 0.1) is 0 Å². The number of halogens is 3. The molecule has 1 atom stereocenters. The molecule has 28 heavy (non-hydrogen) atoms. The number of pyridine rings is 1. The second-order valence-electron chi connectivity index (χ2n) is 6.55. The van der Waals surface area contributed by atoms with Crippen LogP contribution < -0.4 is 10.6 Å². The SMILES string of the molecule is O=C1CC[C@@H](CN(Cc2ccncc2)C(=O)Nc2cccc(C(F)(F)F)c2)N1. The molecule has 9 heteroatoms. The molecule has 2 aromatic rings. The Labute approximate surface area is 159 Å². The summed E-state index contributed by atoms with van der Waals surface area (Å²) in [6.45, 7) is 0.485. The number of aromatic nitrogens is 1. The van der Waals surface area contributed by atoms with Crippen LogP contribution in [-0.4, -0.2) is 34.4 Å². The molecule has 1 saturated heterocycles. The number of hydrogen-bond donors (Lipinski definition) is 2. The highest BCUT2D eigenvalue weighted by Gasteiger charge is 2.31. The highest BCUT2D eigenvalue weighted by atomic mass is 19.4. The average Bonchev–Trinajstić information content (AvgIpc) is 3.06. The van der Waals surface area contributed by atoms with Gasteiger partial charge < -0.3 is 15.5 Å². The van der Waals surface area contributed by atoms with Gasteiger partial charge in [-0.15, -0.1) is 0 Å². The van der Waals surface area contributed by atoms with E-state index < -0.39 is 17.8 Å². The Morgan fingerprint density at radius 3 is 2.64 bits per heavy atom. The minimum atomic E-state index is -4.49. The molecule has 0 spiro atoms. The first kappa shape index (κ1) is 19.7. The van der Waals surface area contributed by atoms with Gasteiger partial charge in [-0.05, 0) is 42.3 Å². The summed E-state index contributed by atoms with van der Waals surface area (Å²) in [6, 6.07) is 7.23. The zero-order valence-corrected chi connectivity index (χ0v) is 14.9. The smallest absolute Gasteiger partial charge is 0.352 e. The fourth-order valence-electron chi connectivity index (χ4n) is 2.98. The Bertz CT molecular complexity index is 843. The summed E-state index contributed by atoms with van der Waals surface area (Å²) in [5, 5.41) is 5.31. The minimum Gasteiger partial charge on any atom is -0.352 e. The summed E-state index contributed by atoms with van der Waals surface area (Å²) in [4.78, 5) is 29.6. The number of carbonyl (C=O) groups is 2. The summed E-state index contributed by atoms with van der Waals surface area (Å²) in [5.74, 6) is -0.0767. The normalized spacial score (nSPS) is 16.5. The van der Waals surface area contributed by atoms with Crippen molar-refractivity contribution in [1.82, 2.24) is 15.2 Å². The molecular formula is C19H19F3N4O2. The van der Waals surface area contributed by atoms with E-state index in [-0.39, 0.29) is 30.7 Å². The average molecular weight is 392 g/mol. The number of alkyl halides is 3. The second-order valence-corrected chi connectivity index (χ2v) is 6.55. The molecule has 148 valence electrons. The van der Waals surface area contributed by atoms with Gasteiger partial charge in [-0.2, -0.15) is 13.2 Å². The van der Waals surface area contributed by atoms with Gasteiger partial charge in [0.05, 0.1) is 5.56 Å². The lowest BCUT2D eigenvalue weighted by Crippen LogP contribution is -2.43. The summed E-state index contributed by atoms with van der Waals surface area (Å²) < 4.78 is 38.7. The first-order chi connectivity index (χ1) is 13.3. The van der Waals surface area contributed by atoms with E-state index in [9.17, 15) is 22.8 Å². The van der Waals surface area contributed by atoms with Crippen LogP contribution in [0.5, 0.6) is 0 Å². The van der Waals surface area contributed by atoms with Gasteiger partial charge in [0, 0.05) is 43.6 Å². The molecular weight excluding hydrogens is 373 g/mol. The van der Waals surface area contributed by atoms with Crippen LogP contribution in [0.2, 0.25) is 0 Å². The van der Waals surface area contributed by atoms with Crippen molar-refractivity contribution in [2.24, 2.45) is 0 Å². The fourth-order valence-corrected chi connectivity index (χ4v) is 2.98. The molecule has 2 heterocycles. The Morgan fingerprint density at radius 1 is 1.25 bits per heavy atom. The van der Waals surface area contributed by atoms with Crippen LogP contribution in [0.25, 0.3) is 0 Å². The number of benzene rings is 1. The van der Waals surface area contributed by atoms with Crippen LogP contribution in [0.15, 0.2) is 48.8 Å². The lowest BCUT2D eigenvalue weighted by Gasteiger charge is -2.26. The molecule has 6 nitrogen and oxygen atoms in total. The van der Waals surface area contributed by atoms with Crippen molar-refractivity contribution in [3.63, 3.8) is 0 Å². The van der Waals surface area contributed by atoms with Gasteiger partial charge in [0.2, 0.25) is 5.91 Å². The summed E-state index contributed by atoms with van der Waals surface area (Å²) >= 11 is 0. The standard InChI is InChI=1S/C19H19F3N4O2/c20-19(21,22)14-2-1-3-15(10-14)25-18(28)26(11-13-6-8-23-9-7-13)12-16-4-5-17(27)24-16/h1-3,6-10,16H,4-5,11-12H2,(H,24,27)(H,25,28)/t16-/m0/s1. The molecule has 1 aliphatic heterocycles. The zero-order chi connectivity index (χ0) is 20.1. The van der Waals surface area contributed by atoms with E-state index in [1.165, 1.54) is 17.0 Å². The lowest BCUT2D eigenvalue weighted by atomic mass is 10.2. The van der Waals surface area contributed by atoms with Gasteiger partial charge in [-0.1, -0.05) is 6.07 Å². The lowest BCUT2D eigenvalue weighted by molar-refractivity contribution is -0.137. The van der Waals surface area contributed by atoms with Gasteiger partial charge >= 0.3 is 12.2 Å². The Hall–Kier alpha value is -3.10. The highest BCUT2D eigenvalue weighted by molar-refractivity contribution is 5.89. The van der Waals surface area contributed by atoms with E-state index in [1.807, 2.05) is 0 Å². The van der Waals surface area contributed by atoms with Crippen LogP contribution in [0.3, 0.4) is 0 Å². The third-order valence-corrected chi connectivity index (χ3v) is 4.38. The number of amides is 3. The molecule has 3 amide bonds.